The Kier molecular flexibility index (Phi) is 6.93. The molecule has 10 heteroatoms. The average molecular weight is 462 g/mol. The molecule has 1 aromatic heterocycles. The largest absolute Gasteiger partial charge is 0.465 e. The van der Waals surface area contributed by atoms with E-state index in [2.05, 4.69) is 5.32 Å². The number of anilines is 1. The van der Waals surface area contributed by atoms with Gasteiger partial charge in [0.25, 0.3) is 0 Å². The van der Waals surface area contributed by atoms with E-state index in [4.69, 9.17) is 15.2 Å². The van der Waals surface area contributed by atoms with E-state index in [1.54, 1.807) is 20.8 Å². The molecule has 0 spiro atoms. The number of carboxylic acid groups (broad SMARTS) is 1. The molecule has 0 saturated heterocycles. The van der Waals surface area contributed by atoms with Gasteiger partial charge in [0.1, 0.15) is 17.2 Å². The van der Waals surface area contributed by atoms with Crippen LogP contribution in [-0.4, -0.2) is 46.3 Å². The molecule has 2 aromatic rings. The Labute approximate surface area is 190 Å². The lowest BCUT2D eigenvalue weighted by Crippen LogP contribution is -2.49. The SMILES string of the molecule is CC(C)(C)OC(=O)c1c(N)sc2c1CC(CNC(=O)OCc1ccccc1)N(C(=O)O)C2. The number of carbonyl (C=O) groups excluding carboxylic acids is 2. The summed E-state index contributed by atoms with van der Waals surface area (Å²) in [5.74, 6) is -0.537. The van der Waals surface area contributed by atoms with E-state index in [-0.39, 0.29) is 31.7 Å². The van der Waals surface area contributed by atoms with Crippen molar-refractivity contribution in [3.8, 4) is 0 Å². The molecule has 1 atom stereocenters. The number of alkyl carbamates (subject to hydrolysis) is 1. The van der Waals surface area contributed by atoms with Crippen LogP contribution >= 0.6 is 11.3 Å². The molecule has 172 valence electrons. The minimum absolute atomic E-state index is 0.0306. The van der Waals surface area contributed by atoms with E-state index in [1.807, 2.05) is 30.3 Å². The van der Waals surface area contributed by atoms with Gasteiger partial charge in [-0.25, -0.2) is 14.4 Å². The molecule has 3 rings (SSSR count). The van der Waals surface area contributed by atoms with Crippen molar-refractivity contribution in [2.24, 2.45) is 0 Å². The van der Waals surface area contributed by atoms with Crippen molar-refractivity contribution in [1.82, 2.24) is 10.2 Å². The molecule has 32 heavy (non-hydrogen) atoms. The topological polar surface area (TPSA) is 131 Å². The summed E-state index contributed by atoms with van der Waals surface area (Å²) in [6.45, 7) is 5.50. The van der Waals surface area contributed by atoms with Crippen molar-refractivity contribution < 1.29 is 29.0 Å². The van der Waals surface area contributed by atoms with E-state index >= 15 is 0 Å². The number of hydrogen-bond donors (Lipinski definition) is 3. The molecule has 1 aliphatic rings. The molecule has 1 unspecified atom stereocenters. The first-order chi connectivity index (χ1) is 15.0. The number of nitrogens with one attached hydrogen (secondary N) is 1. The van der Waals surface area contributed by atoms with Crippen molar-refractivity contribution >= 4 is 34.5 Å². The van der Waals surface area contributed by atoms with Gasteiger partial charge in [-0.1, -0.05) is 30.3 Å². The molecule has 0 aliphatic carbocycles. The Bertz CT molecular complexity index is 999. The molecule has 2 heterocycles. The summed E-state index contributed by atoms with van der Waals surface area (Å²) in [5, 5.41) is 12.6. The lowest BCUT2D eigenvalue weighted by atomic mass is 9.96. The standard InChI is InChI=1S/C22H27N3O6S/c1-22(2,3)31-19(26)17-15-9-14(25(21(28)29)11-16(15)32-18(17)23)10-24-20(27)30-12-13-7-5-4-6-8-13/h4-8,14H,9-12,23H2,1-3H3,(H,24,27)(H,28,29). The molecule has 1 aliphatic heterocycles. The third kappa shape index (κ3) is 5.70. The van der Waals surface area contributed by atoms with Gasteiger partial charge in [0, 0.05) is 11.4 Å². The number of carbonyl (C=O) groups is 3. The Hall–Kier alpha value is -3.27. The number of nitrogens with zero attached hydrogens (tertiary/aromatic N) is 1. The maximum Gasteiger partial charge on any atom is 0.407 e. The number of esters is 1. The van der Waals surface area contributed by atoms with Crippen LogP contribution in [0.5, 0.6) is 0 Å². The van der Waals surface area contributed by atoms with Crippen molar-refractivity contribution in [2.45, 2.75) is 52.0 Å². The van der Waals surface area contributed by atoms with Crippen LogP contribution in [0.4, 0.5) is 14.6 Å². The molecule has 0 fully saturated rings. The highest BCUT2D eigenvalue weighted by Crippen LogP contribution is 2.38. The van der Waals surface area contributed by atoms with Crippen molar-refractivity contribution in [2.75, 3.05) is 12.3 Å². The fourth-order valence-corrected chi connectivity index (χ4v) is 4.53. The van der Waals surface area contributed by atoms with Crippen LogP contribution in [0.1, 0.15) is 47.1 Å². The zero-order valence-corrected chi connectivity index (χ0v) is 19.0. The van der Waals surface area contributed by atoms with Crippen LogP contribution in [-0.2, 0) is 29.0 Å². The second kappa shape index (κ2) is 9.47. The molecule has 1 aromatic carbocycles. The van der Waals surface area contributed by atoms with Gasteiger partial charge in [0.05, 0.1) is 18.2 Å². The Balaban J connectivity index is 1.70. The van der Waals surface area contributed by atoms with Gasteiger partial charge in [-0.2, -0.15) is 0 Å². The van der Waals surface area contributed by atoms with Crippen LogP contribution in [0.2, 0.25) is 0 Å². The third-order valence-electron chi connectivity index (χ3n) is 4.86. The summed E-state index contributed by atoms with van der Waals surface area (Å²) in [6, 6.07) is 8.64. The number of ether oxygens (including phenoxy) is 2. The summed E-state index contributed by atoms with van der Waals surface area (Å²) < 4.78 is 10.7. The molecule has 4 N–H and O–H groups in total. The monoisotopic (exact) mass is 461 g/mol. The number of nitrogens with two attached hydrogens (primary N) is 1. The first-order valence-corrected chi connectivity index (χ1v) is 10.9. The molecular formula is C22H27N3O6S. The summed E-state index contributed by atoms with van der Waals surface area (Å²) in [6.07, 6.45) is -1.55. The Morgan fingerprint density at radius 1 is 1.25 bits per heavy atom. The maximum atomic E-state index is 12.7. The molecule has 0 radical (unpaired) electrons. The summed E-state index contributed by atoms with van der Waals surface area (Å²) >= 11 is 1.18. The quantitative estimate of drug-likeness (QED) is 0.580. The number of nitrogen functional groups attached to an aromatic ring is 1. The lowest BCUT2D eigenvalue weighted by molar-refractivity contribution is 0.00692. The number of hydrogen-bond acceptors (Lipinski definition) is 7. The second-order valence-corrected chi connectivity index (χ2v) is 9.59. The molecular weight excluding hydrogens is 434 g/mol. The van der Waals surface area contributed by atoms with E-state index in [9.17, 15) is 19.5 Å². The van der Waals surface area contributed by atoms with E-state index in [0.717, 1.165) is 5.56 Å². The predicted molar refractivity (Wildman–Crippen MR) is 120 cm³/mol. The highest BCUT2D eigenvalue weighted by atomic mass is 32.1. The van der Waals surface area contributed by atoms with Gasteiger partial charge in [-0.15, -0.1) is 11.3 Å². The third-order valence-corrected chi connectivity index (χ3v) is 5.90. The number of rotatable bonds is 5. The fourth-order valence-electron chi connectivity index (χ4n) is 3.44. The molecule has 0 bridgehead atoms. The van der Waals surface area contributed by atoms with Gasteiger partial charge in [0.15, 0.2) is 0 Å². The Morgan fingerprint density at radius 3 is 2.56 bits per heavy atom. The number of amides is 2. The first kappa shape index (κ1) is 23.4. The van der Waals surface area contributed by atoms with Gasteiger partial charge in [-0.3, -0.25) is 4.90 Å². The highest BCUT2D eigenvalue weighted by Gasteiger charge is 2.36. The number of thiophene rings is 1. The van der Waals surface area contributed by atoms with Gasteiger partial charge in [-0.05, 0) is 38.3 Å². The minimum Gasteiger partial charge on any atom is -0.465 e. The fraction of sp³-hybridized carbons (Fsp3) is 0.409. The smallest absolute Gasteiger partial charge is 0.407 e. The van der Waals surface area contributed by atoms with Crippen LogP contribution in [0, 0.1) is 0 Å². The number of benzene rings is 1. The van der Waals surface area contributed by atoms with Crippen molar-refractivity contribution in [1.29, 1.82) is 0 Å². The lowest BCUT2D eigenvalue weighted by Gasteiger charge is -2.33. The number of fused-ring (bicyclic) bond motifs is 1. The van der Waals surface area contributed by atoms with Crippen LogP contribution < -0.4 is 11.1 Å². The summed E-state index contributed by atoms with van der Waals surface area (Å²) in [4.78, 5) is 38.6. The predicted octanol–water partition coefficient (Wildman–Crippen LogP) is 3.62. The zero-order chi connectivity index (χ0) is 23.5. The van der Waals surface area contributed by atoms with E-state index in [0.29, 0.717) is 15.4 Å². The molecule has 0 saturated carbocycles. The first-order valence-electron chi connectivity index (χ1n) is 10.1. The molecule has 2 amide bonds. The van der Waals surface area contributed by atoms with E-state index < -0.39 is 29.8 Å². The minimum atomic E-state index is -1.12. The van der Waals surface area contributed by atoms with Crippen molar-refractivity contribution in [3.05, 3.63) is 51.9 Å². The summed E-state index contributed by atoms with van der Waals surface area (Å²) in [5.41, 5.74) is 7.19. The van der Waals surface area contributed by atoms with Crippen LogP contribution in [0.3, 0.4) is 0 Å². The van der Waals surface area contributed by atoms with E-state index in [1.165, 1.54) is 16.2 Å². The van der Waals surface area contributed by atoms with Crippen molar-refractivity contribution in [3.63, 3.8) is 0 Å². The average Bonchev–Trinajstić information content (AvgIpc) is 3.04. The van der Waals surface area contributed by atoms with Crippen LogP contribution in [0.15, 0.2) is 30.3 Å². The van der Waals surface area contributed by atoms with Gasteiger partial charge in [0.2, 0.25) is 0 Å². The molecule has 9 nitrogen and oxygen atoms in total. The van der Waals surface area contributed by atoms with Crippen LogP contribution in [0.25, 0.3) is 0 Å². The highest BCUT2D eigenvalue weighted by molar-refractivity contribution is 7.16. The normalized spacial score (nSPS) is 15.6. The zero-order valence-electron chi connectivity index (χ0n) is 18.2. The van der Waals surface area contributed by atoms with Gasteiger partial charge >= 0.3 is 18.2 Å². The summed E-state index contributed by atoms with van der Waals surface area (Å²) in [7, 11) is 0. The van der Waals surface area contributed by atoms with Gasteiger partial charge < -0.3 is 25.6 Å². The maximum absolute atomic E-state index is 12.7. The second-order valence-electron chi connectivity index (χ2n) is 8.46. The Morgan fingerprint density at radius 2 is 1.94 bits per heavy atom.